The van der Waals surface area contributed by atoms with Gasteiger partial charge in [0.05, 0.1) is 12.2 Å². The minimum absolute atomic E-state index is 0.0243. The first-order valence-electron chi connectivity index (χ1n) is 10.6. The van der Waals surface area contributed by atoms with Crippen LogP contribution in [-0.2, 0) is 20.0 Å². The Labute approximate surface area is 181 Å². The number of pyridine rings is 1. The van der Waals surface area contributed by atoms with Gasteiger partial charge in [-0.1, -0.05) is 50.1 Å². The second-order valence-electron chi connectivity index (χ2n) is 7.76. The molecule has 0 saturated carbocycles. The van der Waals surface area contributed by atoms with Gasteiger partial charge in [0.1, 0.15) is 0 Å². The highest BCUT2D eigenvalue weighted by molar-refractivity contribution is 5.78. The highest BCUT2D eigenvalue weighted by atomic mass is 16.1. The molecule has 0 amide bonds. The predicted molar refractivity (Wildman–Crippen MR) is 120 cm³/mol. The first-order valence-corrected chi connectivity index (χ1v) is 10.6. The topological polar surface area (TPSA) is 94.3 Å². The van der Waals surface area contributed by atoms with Gasteiger partial charge in [0, 0.05) is 35.8 Å². The molecule has 0 fully saturated rings. The Morgan fingerprint density at radius 3 is 2.55 bits per heavy atom. The van der Waals surface area contributed by atoms with Crippen LogP contribution >= 0.6 is 0 Å². The van der Waals surface area contributed by atoms with Gasteiger partial charge in [-0.25, -0.2) is 9.89 Å². The number of rotatable bonds is 8. The number of benzene rings is 1. The van der Waals surface area contributed by atoms with Crippen LogP contribution < -0.4 is 5.69 Å². The van der Waals surface area contributed by atoms with Crippen LogP contribution in [0.4, 0.5) is 0 Å². The van der Waals surface area contributed by atoms with Gasteiger partial charge in [-0.05, 0) is 41.8 Å². The van der Waals surface area contributed by atoms with Crippen LogP contribution in [0.25, 0.3) is 22.6 Å². The lowest BCUT2D eigenvalue weighted by Gasteiger charge is -2.10. The number of tetrazole rings is 1. The lowest BCUT2D eigenvalue weighted by Crippen LogP contribution is -2.24. The normalized spacial score (nSPS) is 11.2. The third kappa shape index (κ3) is 4.19. The summed E-state index contributed by atoms with van der Waals surface area (Å²) in [5.74, 6) is 0.601. The molecule has 3 aromatic heterocycles. The van der Waals surface area contributed by atoms with Crippen LogP contribution in [0.5, 0.6) is 0 Å². The van der Waals surface area contributed by atoms with Crippen molar-refractivity contribution in [1.82, 2.24) is 34.7 Å². The van der Waals surface area contributed by atoms with E-state index in [0.29, 0.717) is 12.4 Å². The summed E-state index contributed by atoms with van der Waals surface area (Å²) in [7, 11) is 1.84. The lowest BCUT2D eigenvalue weighted by atomic mass is 10.0. The van der Waals surface area contributed by atoms with E-state index in [2.05, 4.69) is 32.5 Å². The zero-order chi connectivity index (χ0) is 21.8. The molecule has 1 aromatic carbocycles. The Hall–Kier alpha value is -3.55. The molecule has 4 rings (SSSR count). The van der Waals surface area contributed by atoms with E-state index in [-0.39, 0.29) is 5.69 Å². The molecule has 4 aromatic rings. The van der Waals surface area contributed by atoms with Crippen LogP contribution in [0, 0.1) is 6.92 Å². The minimum Gasteiger partial charge on any atom is -0.299 e. The summed E-state index contributed by atoms with van der Waals surface area (Å²) >= 11 is 0. The van der Waals surface area contributed by atoms with Gasteiger partial charge < -0.3 is 0 Å². The van der Waals surface area contributed by atoms with E-state index in [1.807, 2.05) is 61.1 Å². The molecular weight excluding hydrogens is 390 g/mol. The van der Waals surface area contributed by atoms with Gasteiger partial charge in [0.2, 0.25) is 0 Å². The monoisotopic (exact) mass is 417 g/mol. The van der Waals surface area contributed by atoms with Crippen LogP contribution in [0.3, 0.4) is 0 Å². The fourth-order valence-electron chi connectivity index (χ4n) is 3.90. The summed E-state index contributed by atoms with van der Waals surface area (Å²) < 4.78 is 3.63. The minimum atomic E-state index is 0.0243. The van der Waals surface area contributed by atoms with Gasteiger partial charge in [-0.15, -0.1) is 5.10 Å². The molecule has 8 heteroatoms. The summed E-state index contributed by atoms with van der Waals surface area (Å²) in [5, 5.41) is 14.2. The number of aromatic amines is 1. The Morgan fingerprint density at radius 2 is 1.87 bits per heavy atom. The molecule has 0 aliphatic carbocycles. The fourth-order valence-corrected chi connectivity index (χ4v) is 3.90. The van der Waals surface area contributed by atoms with Crippen molar-refractivity contribution in [3.8, 4) is 22.6 Å². The number of unbranched alkanes of at least 4 members (excludes halogenated alkanes) is 2. The third-order valence-electron chi connectivity index (χ3n) is 5.75. The lowest BCUT2D eigenvalue weighted by molar-refractivity contribution is 0.648. The second kappa shape index (κ2) is 9.07. The van der Waals surface area contributed by atoms with E-state index in [9.17, 15) is 4.79 Å². The van der Waals surface area contributed by atoms with E-state index < -0.39 is 0 Å². The molecule has 0 atom stereocenters. The maximum Gasteiger partial charge on any atom is 0.328 e. The molecule has 1 N–H and O–H groups in total. The van der Waals surface area contributed by atoms with E-state index in [0.717, 1.165) is 53.0 Å². The number of imidazole rings is 1. The van der Waals surface area contributed by atoms with Crippen molar-refractivity contribution < 1.29 is 0 Å². The summed E-state index contributed by atoms with van der Waals surface area (Å²) in [6.07, 6.45) is 6.17. The highest BCUT2D eigenvalue weighted by Gasteiger charge is 2.15. The van der Waals surface area contributed by atoms with Crippen molar-refractivity contribution in [2.75, 3.05) is 0 Å². The highest BCUT2D eigenvalue weighted by Crippen LogP contribution is 2.28. The van der Waals surface area contributed by atoms with Crippen molar-refractivity contribution >= 4 is 0 Å². The zero-order valence-corrected chi connectivity index (χ0v) is 18.2. The summed E-state index contributed by atoms with van der Waals surface area (Å²) in [4.78, 5) is 17.5. The SMILES string of the molecule is CCCCCc1c(C)n(C)c(=O)n1Cc1ccc(-c2ccccc2-c2nnn[nH]2)nc1. The van der Waals surface area contributed by atoms with Gasteiger partial charge in [0.25, 0.3) is 0 Å². The fraction of sp³-hybridized carbons (Fsp3) is 0.348. The summed E-state index contributed by atoms with van der Waals surface area (Å²) in [6.45, 7) is 4.73. The number of H-pyrrole nitrogens is 1. The van der Waals surface area contributed by atoms with E-state index in [4.69, 9.17) is 0 Å². The van der Waals surface area contributed by atoms with Gasteiger partial charge in [-0.3, -0.25) is 14.1 Å². The van der Waals surface area contributed by atoms with Crippen LogP contribution in [-0.4, -0.2) is 34.7 Å². The number of nitrogens with zero attached hydrogens (tertiary/aromatic N) is 6. The first-order chi connectivity index (χ1) is 15.1. The van der Waals surface area contributed by atoms with E-state index in [1.54, 1.807) is 4.57 Å². The molecule has 0 saturated heterocycles. The molecule has 0 aliphatic rings. The quantitative estimate of drug-likeness (QED) is 0.443. The summed E-state index contributed by atoms with van der Waals surface area (Å²) in [6, 6.07) is 11.9. The second-order valence-corrected chi connectivity index (χ2v) is 7.76. The Balaban J connectivity index is 1.61. The number of aromatic nitrogens is 7. The number of hydrogen-bond donors (Lipinski definition) is 1. The molecule has 0 spiro atoms. The average Bonchev–Trinajstić information content (AvgIpc) is 3.40. The molecule has 3 heterocycles. The number of nitrogens with one attached hydrogen (secondary N) is 1. The van der Waals surface area contributed by atoms with Crippen molar-refractivity contribution in [3.05, 3.63) is 70.0 Å². The maximum absolute atomic E-state index is 12.8. The molecule has 0 unspecified atom stereocenters. The van der Waals surface area contributed by atoms with E-state index in [1.165, 1.54) is 6.42 Å². The van der Waals surface area contributed by atoms with Gasteiger partial charge >= 0.3 is 5.69 Å². The smallest absolute Gasteiger partial charge is 0.299 e. The van der Waals surface area contributed by atoms with Crippen LogP contribution in [0.2, 0.25) is 0 Å². The molecular formula is C23H27N7O. The van der Waals surface area contributed by atoms with Gasteiger partial charge in [0.15, 0.2) is 5.82 Å². The predicted octanol–water partition coefficient (Wildman–Crippen LogP) is 3.52. The molecule has 160 valence electrons. The average molecular weight is 418 g/mol. The van der Waals surface area contributed by atoms with Gasteiger partial charge in [-0.2, -0.15) is 0 Å². The molecule has 0 aliphatic heterocycles. The largest absolute Gasteiger partial charge is 0.328 e. The third-order valence-corrected chi connectivity index (χ3v) is 5.75. The Bertz CT molecular complexity index is 1200. The van der Waals surface area contributed by atoms with Crippen LogP contribution in [0.15, 0.2) is 47.4 Å². The van der Waals surface area contributed by atoms with E-state index >= 15 is 0 Å². The summed E-state index contributed by atoms with van der Waals surface area (Å²) in [5.41, 5.74) is 5.84. The van der Waals surface area contributed by atoms with Crippen molar-refractivity contribution in [2.24, 2.45) is 7.05 Å². The molecule has 0 bridgehead atoms. The molecule has 8 nitrogen and oxygen atoms in total. The molecule has 31 heavy (non-hydrogen) atoms. The van der Waals surface area contributed by atoms with Crippen molar-refractivity contribution in [3.63, 3.8) is 0 Å². The Kier molecular flexibility index (Phi) is 6.06. The Morgan fingerprint density at radius 1 is 1.06 bits per heavy atom. The maximum atomic E-state index is 12.8. The standard InChI is InChI=1S/C23H27N7O/c1-4-5-6-11-21-16(2)29(3)23(31)30(21)15-17-12-13-20(24-14-17)18-9-7-8-10-19(18)22-25-27-28-26-22/h7-10,12-14H,4-6,11,15H2,1-3H3,(H,25,26,27,28). The van der Waals surface area contributed by atoms with Crippen molar-refractivity contribution in [2.45, 2.75) is 46.1 Å². The number of hydrogen-bond acceptors (Lipinski definition) is 5. The zero-order valence-electron chi connectivity index (χ0n) is 18.2. The van der Waals surface area contributed by atoms with Crippen molar-refractivity contribution in [1.29, 1.82) is 0 Å². The first kappa shape index (κ1) is 20.7. The molecule has 0 radical (unpaired) electrons. The van der Waals surface area contributed by atoms with Crippen LogP contribution in [0.1, 0.15) is 43.1 Å².